The quantitative estimate of drug-likeness (QED) is 0.463. The van der Waals surface area contributed by atoms with E-state index in [1.54, 1.807) is 13.1 Å². The molecule has 3 N–H and O–H groups in total. The SMILES string of the molecule is CC(=O)C(N)CCN(CCCCc1ccc2c(n1)NCCC2)CCOc1ccc(C)nc1. The van der Waals surface area contributed by atoms with Crippen molar-refractivity contribution in [2.45, 2.75) is 58.4 Å². The highest BCUT2D eigenvalue weighted by atomic mass is 16.5. The van der Waals surface area contributed by atoms with Crippen LogP contribution in [0.2, 0.25) is 0 Å². The number of nitrogens with one attached hydrogen (secondary N) is 1. The lowest BCUT2D eigenvalue weighted by molar-refractivity contribution is -0.118. The molecule has 1 aliphatic heterocycles. The van der Waals surface area contributed by atoms with Gasteiger partial charge in [0, 0.05) is 31.0 Å². The third kappa shape index (κ3) is 7.88. The maximum Gasteiger partial charge on any atom is 0.146 e. The first-order valence-electron chi connectivity index (χ1n) is 11.8. The van der Waals surface area contributed by atoms with Crippen molar-refractivity contribution in [3.63, 3.8) is 0 Å². The first-order chi connectivity index (χ1) is 15.5. The maximum atomic E-state index is 11.5. The Balaban J connectivity index is 1.44. The number of rotatable bonds is 13. The number of hydrogen-bond acceptors (Lipinski definition) is 7. The molecule has 0 amide bonds. The summed E-state index contributed by atoms with van der Waals surface area (Å²) in [5.74, 6) is 1.89. The molecule has 0 radical (unpaired) electrons. The molecule has 32 heavy (non-hydrogen) atoms. The molecule has 0 spiro atoms. The average molecular weight is 440 g/mol. The largest absolute Gasteiger partial charge is 0.491 e. The molecule has 3 heterocycles. The van der Waals surface area contributed by atoms with Crippen LogP contribution in [0.15, 0.2) is 30.5 Å². The van der Waals surface area contributed by atoms with E-state index in [-0.39, 0.29) is 5.78 Å². The van der Waals surface area contributed by atoms with Crippen LogP contribution in [0.25, 0.3) is 0 Å². The second-order valence-electron chi connectivity index (χ2n) is 8.63. The molecule has 0 saturated heterocycles. The zero-order valence-corrected chi connectivity index (χ0v) is 19.5. The number of Topliss-reactive ketones (excluding diaryl/α,β-unsaturated/α-hetero) is 1. The van der Waals surface area contributed by atoms with E-state index < -0.39 is 6.04 Å². The lowest BCUT2D eigenvalue weighted by atomic mass is 10.1. The monoisotopic (exact) mass is 439 g/mol. The standard InChI is InChI=1S/C25H37N5O2/c1-19-8-11-23(18-28-19)32-17-16-30(15-12-24(26)20(2)31)14-4-3-7-22-10-9-21-6-5-13-27-25(21)29-22/h8-11,18,24H,3-7,12-17,26H2,1-2H3,(H,27,29). The number of ketones is 1. The van der Waals surface area contributed by atoms with E-state index in [2.05, 4.69) is 27.3 Å². The minimum Gasteiger partial charge on any atom is -0.491 e. The molecular formula is C25H37N5O2. The number of carbonyl (C=O) groups excluding carboxylic acids is 1. The minimum atomic E-state index is -0.396. The molecule has 7 heteroatoms. The number of unbranched alkanes of at least 4 members (excludes halogenated alkanes) is 1. The number of nitrogens with zero attached hydrogens (tertiary/aromatic N) is 3. The van der Waals surface area contributed by atoms with Crippen molar-refractivity contribution in [2.24, 2.45) is 5.73 Å². The summed E-state index contributed by atoms with van der Waals surface area (Å²) in [6.45, 7) is 7.64. The molecule has 1 unspecified atom stereocenters. The zero-order valence-electron chi connectivity index (χ0n) is 19.5. The number of carbonyl (C=O) groups is 1. The van der Waals surface area contributed by atoms with Crippen LogP contribution in [0.1, 0.15) is 49.6 Å². The van der Waals surface area contributed by atoms with Gasteiger partial charge >= 0.3 is 0 Å². The van der Waals surface area contributed by atoms with Gasteiger partial charge in [-0.2, -0.15) is 0 Å². The number of aryl methyl sites for hydroxylation is 3. The topological polar surface area (TPSA) is 93.4 Å². The third-order valence-corrected chi connectivity index (χ3v) is 5.95. The van der Waals surface area contributed by atoms with Gasteiger partial charge in [0.2, 0.25) is 0 Å². The normalized spacial score (nSPS) is 14.0. The fraction of sp³-hybridized carbons (Fsp3) is 0.560. The van der Waals surface area contributed by atoms with Crippen molar-refractivity contribution >= 4 is 11.6 Å². The van der Waals surface area contributed by atoms with Gasteiger partial charge in [-0.15, -0.1) is 0 Å². The van der Waals surface area contributed by atoms with E-state index in [4.69, 9.17) is 15.5 Å². The van der Waals surface area contributed by atoms with E-state index in [9.17, 15) is 4.79 Å². The molecule has 0 saturated carbocycles. The van der Waals surface area contributed by atoms with E-state index >= 15 is 0 Å². The summed E-state index contributed by atoms with van der Waals surface area (Å²) in [5, 5.41) is 3.41. The first-order valence-corrected chi connectivity index (χ1v) is 11.8. The third-order valence-electron chi connectivity index (χ3n) is 5.95. The Labute approximate surface area is 191 Å². The number of aromatic nitrogens is 2. The predicted octanol–water partition coefficient (Wildman–Crippen LogP) is 3.15. The van der Waals surface area contributed by atoms with Gasteiger partial charge in [-0.3, -0.25) is 14.7 Å². The molecule has 1 atom stereocenters. The molecule has 174 valence electrons. The van der Waals surface area contributed by atoms with Gasteiger partial charge in [0.1, 0.15) is 24.0 Å². The second kappa shape index (κ2) is 12.5. The summed E-state index contributed by atoms with van der Waals surface area (Å²) in [6, 6.07) is 7.88. The molecule has 0 bridgehead atoms. The lowest BCUT2D eigenvalue weighted by Crippen LogP contribution is -2.36. The Kier molecular flexibility index (Phi) is 9.43. The summed E-state index contributed by atoms with van der Waals surface area (Å²) in [7, 11) is 0. The Bertz CT molecular complexity index is 856. The molecule has 7 nitrogen and oxygen atoms in total. The number of anilines is 1. The van der Waals surface area contributed by atoms with Gasteiger partial charge in [-0.1, -0.05) is 6.07 Å². The molecule has 0 fully saturated rings. The Morgan fingerprint density at radius 1 is 1.22 bits per heavy atom. The van der Waals surface area contributed by atoms with Gasteiger partial charge in [0.15, 0.2) is 0 Å². The lowest BCUT2D eigenvalue weighted by Gasteiger charge is -2.23. The van der Waals surface area contributed by atoms with Crippen molar-refractivity contribution in [1.29, 1.82) is 0 Å². The van der Waals surface area contributed by atoms with E-state index in [0.717, 1.165) is 74.8 Å². The van der Waals surface area contributed by atoms with Crippen molar-refractivity contribution in [1.82, 2.24) is 14.9 Å². The van der Waals surface area contributed by atoms with Crippen LogP contribution in [0.4, 0.5) is 5.82 Å². The number of pyridine rings is 2. The number of hydrogen-bond donors (Lipinski definition) is 2. The summed E-state index contributed by atoms with van der Waals surface area (Å²) in [6.07, 6.45) is 7.83. The molecule has 2 aromatic heterocycles. The highest BCUT2D eigenvalue weighted by Gasteiger charge is 2.13. The molecule has 1 aliphatic rings. The van der Waals surface area contributed by atoms with Gasteiger partial charge in [0.25, 0.3) is 0 Å². The predicted molar refractivity (Wildman–Crippen MR) is 128 cm³/mol. The average Bonchev–Trinajstić information content (AvgIpc) is 2.80. The van der Waals surface area contributed by atoms with E-state index in [1.165, 1.54) is 12.0 Å². The van der Waals surface area contributed by atoms with Crippen LogP contribution < -0.4 is 15.8 Å². The van der Waals surface area contributed by atoms with E-state index in [0.29, 0.717) is 13.0 Å². The smallest absolute Gasteiger partial charge is 0.146 e. The molecule has 0 aliphatic carbocycles. The molecule has 3 rings (SSSR count). The highest BCUT2D eigenvalue weighted by molar-refractivity contribution is 5.81. The van der Waals surface area contributed by atoms with Gasteiger partial charge < -0.3 is 15.8 Å². The molecule has 2 aromatic rings. The number of nitrogens with two attached hydrogens (primary N) is 1. The van der Waals surface area contributed by atoms with Crippen molar-refractivity contribution in [3.8, 4) is 5.75 Å². The van der Waals surface area contributed by atoms with Crippen molar-refractivity contribution < 1.29 is 9.53 Å². The Morgan fingerprint density at radius 2 is 2.09 bits per heavy atom. The van der Waals surface area contributed by atoms with Crippen molar-refractivity contribution in [3.05, 3.63) is 47.4 Å². The summed E-state index contributed by atoms with van der Waals surface area (Å²) >= 11 is 0. The minimum absolute atomic E-state index is 0.0408. The van der Waals surface area contributed by atoms with Crippen LogP contribution in [-0.4, -0.2) is 59.5 Å². The highest BCUT2D eigenvalue weighted by Crippen LogP contribution is 2.20. The number of fused-ring (bicyclic) bond motifs is 1. The second-order valence-corrected chi connectivity index (χ2v) is 8.63. The molecule has 0 aromatic carbocycles. The molecular weight excluding hydrogens is 402 g/mol. The first kappa shape index (κ1) is 24.1. The maximum absolute atomic E-state index is 11.5. The number of ether oxygens (including phenoxy) is 1. The zero-order chi connectivity index (χ0) is 22.8. The fourth-order valence-electron chi connectivity index (χ4n) is 3.84. The van der Waals surface area contributed by atoms with Crippen molar-refractivity contribution in [2.75, 3.05) is 38.1 Å². The summed E-state index contributed by atoms with van der Waals surface area (Å²) in [5.41, 5.74) is 9.41. The summed E-state index contributed by atoms with van der Waals surface area (Å²) in [4.78, 5) is 22.9. The van der Waals surface area contributed by atoms with Crippen LogP contribution in [0.3, 0.4) is 0 Å². The Morgan fingerprint density at radius 3 is 2.88 bits per heavy atom. The van der Waals surface area contributed by atoms with Crippen LogP contribution in [-0.2, 0) is 17.6 Å². The van der Waals surface area contributed by atoms with Crippen LogP contribution in [0, 0.1) is 6.92 Å². The fourth-order valence-corrected chi connectivity index (χ4v) is 3.84. The van der Waals surface area contributed by atoms with Gasteiger partial charge in [-0.05, 0) is 82.7 Å². The summed E-state index contributed by atoms with van der Waals surface area (Å²) < 4.78 is 5.85. The van der Waals surface area contributed by atoms with Gasteiger partial charge in [-0.25, -0.2) is 4.98 Å². The van der Waals surface area contributed by atoms with Crippen LogP contribution >= 0.6 is 0 Å². The van der Waals surface area contributed by atoms with Gasteiger partial charge in [0.05, 0.1) is 12.2 Å². The Hall–Kier alpha value is -2.51. The van der Waals surface area contributed by atoms with E-state index in [1.807, 2.05) is 19.1 Å². The van der Waals surface area contributed by atoms with Crippen LogP contribution in [0.5, 0.6) is 5.75 Å².